The van der Waals surface area contributed by atoms with E-state index in [9.17, 15) is 19.4 Å². The molecular weight excluding hydrogens is 1030 g/mol. The Balaban J connectivity index is 4.07. The normalized spacial score (nSPS) is 14.3. The Morgan fingerprint density at radius 2 is 0.744 bits per heavy atom. The second-order valence-corrected chi connectivity index (χ2v) is 26.0. The van der Waals surface area contributed by atoms with Crippen molar-refractivity contribution in [2.24, 2.45) is 0 Å². The van der Waals surface area contributed by atoms with Crippen LogP contribution in [0.1, 0.15) is 309 Å². The molecule has 0 fully saturated rings. The molecule has 476 valence electrons. The largest absolute Gasteiger partial charge is 0.472 e. The minimum atomic E-state index is -4.36. The van der Waals surface area contributed by atoms with Crippen LogP contribution < -0.4 is 5.32 Å². The zero-order valence-corrected chi connectivity index (χ0v) is 55.4. The van der Waals surface area contributed by atoms with E-state index >= 15 is 0 Å². The molecule has 0 aliphatic carbocycles. The van der Waals surface area contributed by atoms with Gasteiger partial charge in [-0.25, -0.2) is 4.57 Å². The first-order valence-electron chi connectivity index (χ1n) is 34.6. The minimum Gasteiger partial charge on any atom is -0.387 e. The molecule has 0 aliphatic rings. The molecule has 9 heteroatoms. The summed E-state index contributed by atoms with van der Waals surface area (Å²) in [6, 6.07) is -0.868. The van der Waals surface area contributed by atoms with Crippen LogP contribution in [0.2, 0.25) is 0 Å². The summed E-state index contributed by atoms with van der Waals surface area (Å²) >= 11 is 0. The third kappa shape index (κ3) is 65.0. The van der Waals surface area contributed by atoms with Gasteiger partial charge in [0.05, 0.1) is 39.9 Å². The molecule has 0 aromatic rings. The number of amides is 1. The molecule has 0 saturated heterocycles. The van der Waals surface area contributed by atoms with Gasteiger partial charge in [0.2, 0.25) is 5.91 Å². The molecule has 1 amide bonds. The maximum absolute atomic E-state index is 13.0. The molecule has 0 aliphatic heterocycles. The smallest absolute Gasteiger partial charge is 0.387 e. The average Bonchev–Trinajstić information content (AvgIpc) is 3.47. The summed E-state index contributed by atoms with van der Waals surface area (Å²) in [7, 11) is 1.56. The number of aliphatic hydroxyl groups is 1. The molecule has 0 radical (unpaired) electrons. The van der Waals surface area contributed by atoms with Crippen LogP contribution >= 0.6 is 7.82 Å². The van der Waals surface area contributed by atoms with Gasteiger partial charge in [0.1, 0.15) is 13.2 Å². The molecule has 3 unspecified atom stereocenters. The summed E-state index contributed by atoms with van der Waals surface area (Å²) in [5.41, 5.74) is 0. The Morgan fingerprint density at radius 3 is 1.12 bits per heavy atom. The first-order valence-corrected chi connectivity index (χ1v) is 36.1. The lowest BCUT2D eigenvalue weighted by Gasteiger charge is -2.25. The van der Waals surface area contributed by atoms with Crippen LogP contribution in [0.4, 0.5) is 0 Å². The molecule has 0 heterocycles. The summed E-state index contributed by atoms with van der Waals surface area (Å²) in [6.07, 6.45) is 91.3. The first kappa shape index (κ1) is 79.4. The van der Waals surface area contributed by atoms with Crippen molar-refractivity contribution in [3.63, 3.8) is 0 Å². The van der Waals surface area contributed by atoms with E-state index in [0.29, 0.717) is 17.4 Å². The molecular formula is C73H134N2O6P+. The number of likely N-dealkylation sites (N-methyl/N-ethyl adjacent to an activating group) is 1. The maximum atomic E-state index is 13.0. The summed E-state index contributed by atoms with van der Waals surface area (Å²) in [4.78, 5) is 23.4. The quantitative estimate of drug-likeness (QED) is 0.0243. The number of aliphatic hydroxyl groups excluding tert-OH is 1. The van der Waals surface area contributed by atoms with Crippen molar-refractivity contribution in [3.8, 4) is 0 Å². The number of quaternary nitrogens is 1. The number of unbranched alkanes of at least 4 members (excludes halogenated alkanes) is 36. The predicted octanol–water partition coefficient (Wildman–Crippen LogP) is 22.1. The van der Waals surface area contributed by atoms with Gasteiger partial charge < -0.3 is 19.8 Å². The number of hydrogen-bond acceptors (Lipinski definition) is 5. The number of nitrogens with zero attached hydrogens (tertiary/aromatic N) is 1. The van der Waals surface area contributed by atoms with Gasteiger partial charge >= 0.3 is 7.82 Å². The number of carbonyl (C=O) groups excluding carboxylic acids is 1. The van der Waals surface area contributed by atoms with Crippen molar-refractivity contribution >= 4 is 13.7 Å². The molecule has 82 heavy (non-hydrogen) atoms. The zero-order valence-electron chi connectivity index (χ0n) is 54.5. The third-order valence-electron chi connectivity index (χ3n) is 15.3. The molecule has 0 bridgehead atoms. The number of carbonyl (C=O) groups is 1. The molecule has 0 rings (SSSR count). The molecule has 3 N–H and O–H groups in total. The molecule has 0 aromatic heterocycles. The van der Waals surface area contributed by atoms with E-state index in [1.807, 2.05) is 27.2 Å². The van der Waals surface area contributed by atoms with Gasteiger partial charge in [0.25, 0.3) is 0 Å². The van der Waals surface area contributed by atoms with Crippen molar-refractivity contribution in [1.82, 2.24) is 5.32 Å². The highest BCUT2D eigenvalue weighted by atomic mass is 31.2. The highest BCUT2D eigenvalue weighted by Crippen LogP contribution is 2.43. The highest BCUT2D eigenvalue weighted by molar-refractivity contribution is 7.47. The zero-order chi connectivity index (χ0) is 59.8. The summed E-state index contributed by atoms with van der Waals surface area (Å²) < 4.78 is 23.8. The van der Waals surface area contributed by atoms with Crippen LogP contribution in [0.3, 0.4) is 0 Å². The fraction of sp³-hybridized carbons (Fsp3) is 0.767. The van der Waals surface area contributed by atoms with Crippen molar-refractivity contribution in [1.29, 1.82) is 0 Å². The number of allylic oxidation sites excluding steroid dienone is 15. The van der Waals surface area contributed by atoms with E-state index in [-0.39, 0.29) is 19.1 Å². The van der Waals surface area contributed by atoms with Gasteiger partial charge in [-0.05, 0) is 83.5 Å². The van der Waals surface area contributed by atoms with Crippen molar-refractivity contribution in [2.45, 2.75) is 321 Å². The van der Waals surface area contributed by atoms with E-state index in [1.54, 1.807) is 6.08 Å². The second-order valence-electron chi connectivity index (χ2n) is 24.5. The van der Waals surface area contributed by atoms with Gasteiger partial charge in [0, 0.05) is 6.42 Å². The van der Waals surface area contributed by atoms with E-state index < -0.39 is 20.0 Å². The third-order valence-corrected chi connectivity index (χ3v) is 16.3. The topological polar surface area (TPSA) is 105 Å². The molecule has 3 atom stereocenters. The maximum Gasteiger partial charge on any atom is 0.472 e. The number of hydrogen-bond donors (Lipinski definition) is 3. The summed E-state index contributed by atoms with van der Waals surface area (Å²) in [5.74, 6) is -0.185. The lowest BCUT2D eigenvalue weighted by Crippen LogP contribution is -2.45. The van der Waals surface area contributed by atoms with E-state index in [4.69, 9.17) is 9.05 Å². The number of phosphoric ester groups is 1. The minimum absolute atomic E-state index is 0.0544. The van der Waals surface area contributed by atoms with Crippen molar-refractivity contribution < 1.29 is 32.9 Å². The molecule has 0 aromatic carbocycles. The van der Waals surface area contributed by atoms with Crippen LogP contribution in [0.25, 0.3) is 0 Å². The van der Waals surface area contributed by atoms with Gasteiger partial charge in [-0.15, -0.1) is 0 Å². The molecule has 0 saturated carbocycles. The fourth-order valence-corrected chi connectivity index (χ4v) is 10.7. The first-order chi connectivity index (χ1) is 40.0. The van der Waals surface area contributed by atoms with Gasteiger partial charge in [-0.2, -0.15) is 0 Å². The van der Waals surface area contributed by atoms with Gasteiger partial charge in [-0.3, -0.25) is 13.8 Å². The fourth-order valence-electron chi connectivity index (χ4n) is 9.95. The van der Waals surface area contributed by atoms with Crippen LogP contribution in [0.5, 0.6) is 0 Å². The van der Waals surface area contributed by atoms with Crippen molar-refractivity contribution in [2.75, 3.05) is 40.9 Å². The Morgan fingerprint density at radius 1 is 0.427 bits per heavy atom. The molecule has 8 nitrogen and oxygen atoms in total. The van der Waals surface area contributed by atoms with Gasteiger partial charge in [-0.1, -0.05) is 317 Å². The second kappa shape index (κ2) is 62.9. The molecule has 0 spiro atoms. The summed E-state index contributed by atoms with van der Waals surface area (Å²) in [6.45, 7) is 4.71. The van der Waals surface area contributed by atoms with Crippen LogP contribution in [0.15, 0.2) is 97.2 Å². The predicted molar refractivity (Wildman–Crippen MR) is 359 cm³/mol. The monoisotopic (exact) mass is 1170 g/mol. The van der Waals surface area contributed by atoms with Crippen molar-refractivity contribution in [3.05, 3.63) is 97.2 Å². The summed E-state index contributed by atoms with van der Waals surface area (Å²) in [5, 5.41) is 14.0. The van der Waals surface area contributed by atoms with E-state index in [1.165, 1.54) is 212 Å². The number of phosphoric acid groups is 1. The number of rotatable bonds is 63. The van der Waals surface area contributed by atoms with Crippen LogP contribution in [-0.2, 0) is 18.4 Å². The Labute approximate surface area is 509 Å². The van der Waals surface area contributed by atoms with Crippen LogP contribution in [-0.4, -0.2) is 73.4 Å². The SMILES string of the molecule is CC/C=C\C/C=C\C/C=C\C/C=C\C/C=C\C/C=C\CCCCCCCCCCCCCCCCCCCCC(=O)NC(COP(=O)(O)OCC[N+](C)(C)C)C(O)/C=C/CC/C=C/CCCCCCCCCCCCCCCCCCC. The van der Waals surface area contributed by atoms with E-state index in [0.717, 1.165) is 77.0 Å². The lowest BCUT2D eigenvalue weighted by molar-refractivity contribution is -0.870. The lowest BCUT2D eigenvalue weighted by atomic mass is 10.0. The van der Waals surface area contributed by atoms with Crippen LogP contribution in [0, 0.1) is 0 Å². The van der Waals surface area contributed by atoms with Gasteiger partial charge in [0.15, 0.2) is 0 Å². The standard InChI is InChI=1S/C73H133N2O6P/c1-6-8-10-12-14-16-18-20-22-24-26-28-30-31-32-33-34-35-36-37-38-39-40-41-42-43-45-47-49-51-53-55-57-59-61-63-65-67-73(77)74-71(70-81-82(78,79)80-69-68-75(3,4)5)72(76)66-64-62-60-58-56-54-52-50-48-46-44-29-27-25-23-21-19-17-15-13-11-9-7-2/h8,10,14,16,20,22,26,28,31-32,34-35,56,58,64,66,71-72,76H,6-7,9,11-13,15,17-19,21,23-25,27,29-30,33,36-55,57,59-63,65,67-70H2,1-5H3,(H-,74,77,78,79)/p+1/b10-8-,16-14-,22-20-,28-26-,32-31-,35-34-,58-56+,66-64+. The Hall–Kier alpha value is -2.58. The highest BCUT2D eigenvalue weighted by Gasteiger charge is 2.28. The van der Waals surface area contributed by atoms with E-state index in [2.05, 4.69) is 104 Å². The Kier molecular flexibility index (Phi) is 61.0. The average molecular weight is 1170 g/mol. The number of nitrogens with one attached hydrogen (secondary N) is 1. The Bertz CT molecular complexity index is 1660.